The largest absolute Gasteiger partial charge is 0.487 e. The van der Waals surface area contributed by atoms with E-state index in [0.717, 1.165) is 27.8 Å². The Balaban J connectivity index is 0.866. The van der Waals surface area contributed by atoms with Gasteiger partial charge in [-0.1, -0.05) is 47.1 Å². The molecule has 0 radical (unpaired) electrons. The molecule has 14 nitrogen and oxygen atoms in total. The molecule has 0 amide bonds. The van der Waals surface area contributed by atoms with Gasteiger partial charge in [0.2, 0.25) is 5.95 Å². The Morgan fingerprint density at radius 2 is 1.70 bits per heavy atom. The van der Waals surface area contributed by atoms with Crippen molar-refractivity contribution in [3.05, 3.63) is 121 Å². The quantitative estimate of drug-likeness (QED) is 0.137. The van der Waals surface area contributed by atoms with Crippen molar-refractivity contribution in [2.24, 2.45) is 0 Å². The normalized spacial score (nSPS) is 11.2. The van der Waals surface area contributed by atoms with Crippen molar-refractivity contribution in [3.8, 4) is 17.0 Å². The minimum atomic E-state index is 0.252. The summed E-state index contributed by atoms with van der Waals surface area (Å²) in [4.78, 5) is 22.0. The van der Waals surface area contributed by atoms with Crippen LogP contribution in [0.15, 0.2) is 110 Å². The summed E-state index contributed by atoms with van der Waals surface area (Å²) < 4.78 is 9.51. The average Bonchev–Trinajstić information content (AvgIpc) is 3.76. The van der Waals surface area contributed by atoms with Crippen molar-refractivity contribution in [2.45, 2.75) is 19.7 Å². The minimum Gasteiger partial charge on any atom is -0.487 e. The highest BCUT2D eigenvalue weighted by Gasteiger charge is 2.17. The molecule has 0 saturated heterocycles. The summed E-state index contributed by atoms with van der Waals surface area (Å²) in [5.41, 5.74) is 11.7. The molecule has 0 aliphatic carbocycles. The monoisotopic (exact) mass is 681 g/mol. The third kappa shape index (κ3) is 6.68. The molecule has 0 atom stereocenters. The molecule has 0 bridgehead atoms. The number of para-hydroxylation sites is 1. The van der Waals surface area contributed by atoms with Crippen molar-refractivity contribution >= 4 is 62.5 Å². The number of halogens is 1. The second kappa shape index (κ2) is 13.4. The van der Waals surface area contributed by atoms with Gasteiger partial charge in [-0.3, -0.25) is 9.67 Å². The number of nitrogens with one attached hydrogen (secondary N) is 2. The van der Waals surface area contributed by atoms with E-state index in [4.69, 9.17) is 27.2 Å². The molecule has 50 heavy (non-hydrogen) atoms. The molecule has 246 valence electrons. The highest BCUT2D eigenvalue weighted by molar-refractivity contribution is 6.30. The zero-order valence-corrected chi connectivity index (χ0v) is 27.1. The van der Waals surface area contributed by atoms with Gasteiger partial charge in [0.15, 0.2) is 5.65 Å². The molecular formula is C35H28ClN13O. The molecule has 0 aliphatic rings. The van der Waals surface area contributed by atoms with Gasteiger partial charge in [0.1, 0.15) is 41.7 Å². The Bertz CT molecular complexity index is 2430. The van der Waals surface area contributed by atoms with Crippen LogP contribution < -0.4 is 21.1 Å². The van der Waals surface area contributed by atoms with Crippen LogP contribution in [0, 0.1) is 0 Å². The van der Waals surface area contributed by atoms with Crippen LogP contribution in [-0.2, 0) is 19.7 Å². The lowest BCUT2D eigenvalue weighted by Gasteiger charge is -2.10. The molecule has 5 heterocycles. The second-order valence-corrected chi connectivity index (χ2v) is 11.7. The maximum atomic E-state index is 6.23. The number of hydrogen-bond acceptors (Lipinski definition) is 12. The number of nitrogens with two attached hydrogens (primary N) is 1. The van der Waals surface area contributed by atoms with E-state index in [1.165, 1.54) is 6.33 Å². The smallest absolute Gasteiger partial charge is 0.229 e. The molecule has 5 aromatic heterocycles. The van der Waals surface area contributed by atoms with E-state index in [-0.39, 0.29) is 6.61 Å². The van der Waals surface area contributed by atoms with Gasteiger partial charge < -0.3 is 21.1 Å². The van der Waals surface area contributed by atoms with Gasteiger partial charge in [-0.15, -0.1) is 5.10 Å². The molecule has 8 aromatic rings. The number of nitrogen functional groups attached to an aromatic ring is 1. The van der Waals surface area contributed by atoms with Gasteiger partial charge in [0.25, 0.3) is 0 Å². The van der Waals surface area contributed by atoms with Crippen LogP contribution in [0.5, 0.6) is 5.75 Å². The SMILES string of the molecule is Nc1ncnc2c1c(-c1ccc(Cl)cc1)nn2CCn1cc(COc2ccc(Nc3nccc(Nc4cnc5ccccc5c4)n3)cc2)nn1. The van der Waals surface area contributed by atoms with Crippen molar-refractivity contribution in [1.82, 2.24) is 49.7 Å². The first-order valence-corrected chi connectivity index (χ1v) is 16.0. The van der Waals surface area contributed by atoms with Gasteiger partial charge >= 0.3 is 0 Å². The summed E-state index contributed by atoms with van der Waals surface area (Å²) in [6.45, 7) is 1.25. The first kappa shape index (κ1) is 30.7. The Morgan fingerprint density at radius 1 is 0.840 bits per heavy atom. The fourth-order valence-corrected chi connectivity index (χ4v) is 5.53. The summed E-state index contributed by atoms with van der Waals surface area (Å²) in [5.74, 6) is 2.14. The third-order valence-corrected chi connectivity index (χ3v) is 8.07. The maximum Gasteiger partial charge on any atom is 0.229 e. The number of rotatable bonds is 11. The van der Waals surface area contributed by atoms with Crippen molar-refractivity contribution in [3.63, 3.8) is 0 Å². The first-order valence-electron chi connectivity index (χ1n) is 15.6. The Hall–Kier alpha value is -6.67. The molecule has 0 saturated carbocycles. The molecule has 15 heteroatoms. The number of nitrogens with zero attached hydrogens (tertiary/aromatic N) is 10. The molecule has 0 unspecified atom stereocenters. The summed E-state index contributed by atoms with van der Waals surface area (Å²) in [6.07, 6.45) is 6.75. The van der Waals surface area contributed by atoms with Crippen LogP contribution in [-0.4, -0.2) is 49.7 Å². The maximum absolute atomic E-state index is 6.23. The lowest BCUT2D eigenvalue weighted by molar-refractivity contribution is 0.301. The summed E-state index contributed by atoms with van der Waals surface area (Å²) in [5, 5.41) is 22.2. The standard InChI is InChI=1S/C35H28ClN13O/c36-24-7-5-22(6-8-24)32-31-33(37)40-21-41-34(31)49(46-32)16-15-48-19-27(45-47-48)20-50-28-11-9-25(10-12-28)43-35-38-14-13-30(44-35)42-26-17-23-3-1-2-4-29(23)39-18-26/h1-14,17-19,21H,15-16,20H2,(H2,37,40,41)(H2,38,42,43,44). The van der Waals surface area contributed by atoms with E-state index < -0.39 is 0 Å². The lowest BCUT2D eigenvalue weighted by Crippen LogP contribution is -2.10. The average molecular weight is 682 g/mol. The molecule has 0 spiro atoms. The Labute approximate surface area is 290 Å². The molecule has 8 rings (SSSR count). The van der Waals surface area contributed by atoms with Crippen LogP contribution in [0.2, 0.25) is 5.02 Å². The van der Waals surface area contributed by atoms with E-state index in [1.807, 2.05) is 85.1 Å². The molecule has 0 aliphatic heterocycles. The van der Waals surface area contributed by atoms with Crippen LogP contribution in [0.25, 0.3) is 33.2 Å². The number of ether oxygens (including phenoxy) is 1. The zero-order valence-electron chi connectivity index (χ0n) is 26.3. The van der Waals surface area contributed by atoms with E-state index in [0.29, 0.717) is 63.9 Å². The fourth-order valence-electron chi connectivity index (χ4n) is 5.40. The number of anilines is 5. The van der Waals surface area contributed by atoms with Crippen molar-refractivity contribution < 1.29 is 4.74 Å². The summed E-state index contributed by atoms with van der Waals surface area (Å²) in [7, 11) is 0. The first-order chi connectivity index (χ1) is 24.5. The molecule has 0 fully saturated rings. The van der Waals surface area contributed by atoms with Gasteiger partial charge in [-0.25, -0.2) is 19.6 Å². The Morgan fingerprint density at radius 3 is 2.58 bits per heavy atom. The number of fused-ring (bicyclic) bond motifs is 2. The second-order valence-electron chi connectivity index (χ2n) is 11.3. The third-order valence-electron chi connectivity index (χ3n) is 7.82. The van der Waals surface area contributed by atoms with Gasteiger partial charge in [0.05, 0.1) is 42.1 Å². The zero-order chi connectivity index (χ0) is 33.9. The number of aryl methyl sites for hydroxylation is 2. The molecular weight excluding hydrogens is 654 g/mol. The predicted molar refractivity (Wildman–Crippen MR) is 191 cm³/mol. The van der Waals surface area contributed by atoms with Crippen LogP contribution >= 0.6 is 11.6 Å². The van der Waals surface area contributed by atoms with E-state index in [2.05, 4.69) is 45.9 Å². The number of benzene rings is 3. The highest BCUT2D eigenvalue weighted by Crippen LogP contribution is 2.31. The fraction of sp³-hybridized carbons (Fsp3) is 0.0857. The van der Waals surface area contributed by atoms with Crippen LogP contribution in [0.1, 0.15) is 5.69 Å². The van der Waals surface area contributed by atoms with Crippen molar-refractivity contribution in [2.75, 3.05) is 16.4 Å². The topological polar surface area (TPSA) is 172 Å². The number of aromatic nitrogens is 10. The number of hydrogen-bond donors (Lipinski definition) is 3. The van der Waals surface area contributed by atoms with Gasteiger partial charge in [-0.05, 0) is 54.6 Å². The summed E-state index contributed by atoms with van der Waals surface area (Å²) >= 11 is 6.09. The molecule has 3 aromatic carbocycles. The van der Waals surface area contributed by atoms with E-state index >= 15 is 0 Å². The number of pyridine rings is 1. The minimum absolute atomic E-state index is 0.252. The Kier molecular flexibility index (Phi) is 8.24. The van der Waals surface area contributed by atoms with Crippen LogP contribution in [0.4, 0.5) is 29.0 Å². The van der Waals surface area contributed by atoms with E-state index in [1.54, 1.807) is 27.8 Å². The van der Waals surface area contributed by atoms with Crippen molar-refractivity contribution in [1.29, 1.82) is 0 Å². The molecule has 4 N–H and O–H groups in total. The van der Waals surface area contributed by atoms with Crippen LogP contribution in [0.3, 0.4) is 0 Å². The predicted octanol–water partition coefficient (Wildman–Crippen LogP) is 6.43. The highest BCUT2D eigenvalue weighted by atomic mass is 35.5. The van der Waals surface area contributed by atoms with E-state index in [9.17, 15) is 0 Å². The van der Waals surface area contributed by atoms with Gasteiger partial charge in [-0.2, -0.15) is 10.1 Å². The van der Waals surface area contributed by atoms with Gasteiger partial charge in [0, 0.05) is 27.9 Å². The lowest BCUT2D eigenvalue weighted by atomic mass is 10.1. The summed E-state index contributed by atoms with van der Waals surface area (Å²) in [6, 6.07) is 26.7.